The summed E-state index contributed by atoms with van der Waals surface area (Å²) in [5.41, 5.74) is -2.31. The Labute approximate surface area is 169 Å². The van der Waals surface area contributed by atoms with Crippen molar-refractivity contribution in [2.75, 3.05) is 26.2 Å². The number of rotatable bonds is 9. The van der Waals surface area contributed by atoms with Gasteiger partial charge in [0.05, 0.1) is 17.4 Å². The maximum Gasteiger partial charge on any atom is 0.433 e. The Hall–Kier alpha value is -2.43. The minimum atomic E-state index is -4.78. The van der Waals surface area contributed by atoms with Gasteiger partial charge in [0, 0.05) is 31.7 Å². The van der Waals surface area contributed by atoms with Gasteiger partial charge in [0.15, 0.2) is 0 Å². The number of pyridine rings is 1. The molecule has 0 aliphatic carbocycles. The van der Waals surface area contributed by atoms with Gasteiger partial charge >= 0.3 is 12.4 Å². The first-order valence-corrected chi connectivity index (χ1v) is 8.99. The quantitative estimate of drug-likeness (QED) is 0.316. The predicted octanol–water partition coefficient (Wildman–Crippen LogP) is 4.18. The van der Waals surface area contributed by atoms with E-state index in [-0.39, 0.29) is 23.4 Å². The van der Waals surface area contributed by atoms with Gasteiger partial charge in [0.25, 0.3) is 0 Å². The molecule has 0 saturated heterocycles. The lowest BCUT2D eigenvalue weighted by Gasteiger charge is -2.16. The van der Waals surface area contributed by atoms with Crippen LogP contribution in [0.15, 0.2) is 49.1 Å². The van der Waals surface area contributed by atoms with Crippen LogP contribution >= 0.6 is 0 Å². The number of nitrogens with zero attached hydrogens (tertiary/aromatic N) is 1. The largest absolute Gasteiger partial charge is 0.433 e. The average Bonchev–Trinajstić information content (AvgIpc) is 2.69. The molecule has 3 N–H and O–H groups in total. The third kappa shape index (κ3) is 6.82. The number of hydrogen-bond acceptors (Lipinski definition) is 4. The van der Waals surface area contributed by atoms with Crippen LogP contribution in [-0.2, 0) is 12.4 Å². The van der Waals surface area contributed by atoms with Gasteiger partial charge in [-0.05, 0) is 29.8 Å². The molecule has 0 aliphatic rings. The van der Waals surface area contributed by atoms with Crippen LogP contribution < -0.4 is 10.6 Å². The van der Waals surface area contributed by atoms with Crippen molar-refractivity contribution in [2.45, 2.75) is 18.5 Å². The molecule has 0 spiro atoms. The fourth-order valence-corrected chi connectivity index (χ4v) is 2.60. The van der Waals surface area contributed by atoms with Crippen LogP contribution in [0.4, 0.5) is 26.3 Å². The van der Waals surface area contributed by atoms with Crippen LogP contribution in [0.3, 0.4) is 0 Å². The van der Waals surface area contributed by atoms with Crippen LogP contribution in [-0.4, -0.2) is 36.3 Å². The molecule has 0 unspecified atom stereocenters. The Balaban J connectivity index is 2.24. The molecule has 0 radical (unpaired) electrons. The van der Waals surface area contributed by atoms with Crippen molar-refractivity contribution in [3.05, 3.63) is 65.9 Å². The number of nitrogens with one attached hydrogen (secondary N) is 2. The van der Waals surface area contributed by atoms with Gasteiger partial charge in [-0.1, -0.05) is 18.2 Å². The van der Waals surface area contributed by atoms with Crippen molar-refractivity contribution >= 4 is 0 Å². The fraction of sp³-hybridized carbons (Fsp3) is 0.350. The minimum Gasteiger partial charge on any atom is -0.387 e. The van der Waals surface area contributed by atoms with Crippen molar-refractivity contribution in [1.29, 1.82) is 0 Å². The normalized spacial score (nSPS) is 13.3. The third-order valence-electron chi connectivity index (χ3n) is 4.14. The van der Waals surface area contributed by atoms with Gasteiger partial charge in [0.2, 0.25) is 0 Å². The van der Waals surface area contributed by atoms with E-state index < -0.39 is 29.7 Å². The number of aliphatic hydroxyl groups is 1. The Kier molecular flexibility index (Phi) is 7.99. The summed E-state index contributed by atoms with van der Waals surface area (Å²) in [6.07, 6.45) is -8.93. The third-order valence-corrected chi connectivity index (χ3v) is 4.14. The summed E-state index contributed by atoms with van der Waals surface area (Å²) in [5.74, 6) is 0. The van der Waals surface area contributed by atoms with E-state index in [0.717, 1.165) is 30.3 Å². The second-order valence-electron chi connectivity index (χ2n) is 6.46. The molecule has 2 aromatic rings. The lowest BCUT2D eigenvalue weighted by atomic mass is 10.0. The lowest BCUT2D eigenvalue weighted by Crippen LogP contribution is -2.30. The van der Waals surface area contributed by atoms with Crippen LogP contribution in [0.5, 0.6) is 0 Å². The van der Waals surface area contributed by atoms with E-state index in [1.165, 1.54) is 6.07 Å². The Morgan fingerprint density at radius 3 is 2.17 bits per heavy atom. The molecule has 2 rings (SSSR count). The molecule has 164 valence electrons. The zero-order chi connectivity index (χ0) is 22.4. The summed E-state index contributed by atoms with van der Waals surface area (Å²) in [4.78, 5) is 3.52. The average molecular weight is 433 g/mol. The van der Waals surface area contributed by atoms with Crippen LogP contribution in [0, 0.1) is 0 Å². The van der Waals surface area contributed by atoms with Gasteiger partial charge in [-0.2, -0.15) is 26.3 Å². The van der Waals surface area contributed by atoms with Gasteiger partial charge in [-0.15, -0.1) is 6.58 Å². The van der Waals surface area contributed by atoms with Crippen LogP contribution in [0.2, 0.25) is 0 Å². The Bertz CT molecular complexity index is 834. The van der Waals surface area contributed by atoms with E-state index >= 15 is 0 Å². The number of benzene rings is 1. The second kappa shape index (κ2) is 10.1. The molecule has 1 aromatic carbocycles. The van der Waals surface area contributed by atoms with E-state index in [0.29, 0.717) is 19.6 Å². The smallest absolute Gasteiger partial charge is 0.387 e. The van der Waals surface area contributed by atoms with Crippen molar-refractivity contribution in [2.24, 2.45) is 0 Å². The molecule has 0 bridgehead atoms. The van der Waals surface area contributed by atoms with E-state index in [1.807, 2.05) is 0 Å². The number of halogens is 6. The first-order valence-electron chi connectivity index (χ1n) is 8.99. The molecular weight excluding hydrogens is 412 g/mol. The molecule has 0 aliphatic heterocycles. The van der Waals surface area contributed by atoms with Gasteiger partial charge in [-0.3, -0.25) is 0 Å². The highest BCUT2D eigenvalue weighted by molar-refractivity contribution is 5.61. The molecule has 1 aromatic heterocycles. The summed E-state index contributed by atoms with van der Waals surface area (Å²) in [7, 11) is 0. The van der Waals surface area contributed by atoms with Crippen LogP contribution in [0.25, 0.3) is 11.3 Å². The molecular formula is C20H21F6N3O. The summed E-state index contributed by atoms with van der Waals surface area (Å²) < 4.78 is 77.9. The highest BCUT2D eigenvalue weighted by atomic mass is 19.4. The van der Waals surface area contributed by atoms with Gasteiger partial charge in [-0.25, -0.2) is 4.98 Å². The SMILES string of the molecule is C=CCNCCNC[C@@H](O)c1cc(-c2ccc(C(F)(F)F)cc2)nc(C(F)(F)F)c1. The zero-order valence-corrected chi connectivity index (χ0v) is 15.8. The first kappa shape index (κ1) is 23.8. The summed E-state index contributed by atoms with van der Waals surface area (Å²) in [6.45, 7) is 5.17. The molecule has 30 heavy (non-hydrogen) atoms. The fourth-order valence-electron chi connectivity index (χ4n) is 2.60. The van der Waals surface area contributed by atoms with Gasteiger partial charge in [0.1, 0.15) is 5.69 Å². The van der Waals surface area contributed by atoms with Crippen molar-refractivity contribution in [3.63, 3.8) is 0 Å². The molecule has 0 fully saturated rings. The van der Waals surface area contributed by atoms with E-state index in [1.54, 1.807) is 6.08 Å². The lowest BCUT2D eigenvalue weighted by molar-refractivity contribution is -0.141. The monoisotopic (exact) mass is 433 g/mol. The van der Waals surface area contributed by atoms with Crippen molar-refractivity contribution in [3.8, 4) is 11.3 Å². The summed E-state index contributed by atoms with van der Waals surface area (Å²) >= 11 is 0. The minimum absolute atomic E-state index is 0.0104. The highest BCUT2D eigenvalue weighted by Gasteiger charge is 2.34. The first-order chi connectivity index (χ1) is 14.0. The Morgan fingerprint density at radius 2 is 1.60 bits per heavy atom. The van der Waals surface area contributed by atoms with Gasteiger partial charge < -0.3 is 15.7 Å². The van der Waals surface area contributed by atoms with Crippen molar-refractivity contribution in [1.82, 2.24) is 15.6 Å². The van der Waals surface area contributed by atoms with Crippen molar-refractivity contribution < 1.29 is 31.4 Å². The second-order valence-corrected chi connectivity index (χ2v) is 6.46. The Morgan fingerprint density at radius 1 is 0.967 bits per heavy atom. The molecule has 4 nitrogen and oxygen atoms in total. The van der Waals surface area contributed by atoms with E-state index in [4.69, 9.17) is 0 Å². The standard InChI is InChI=1S/C20H21F6N3O/c1-2-7-27-8-9-28-12-17(30)14-10-16(29-18(11-14)20(24,25)26)13-3-5-15(6-4-13)19(21,22)23/h2-6,10-11,17,27-28,30H,1,7-9,12H2/t17-/m1/s1. The zero-order valence-electron chi connectivity index (χ0n) is 15.8. The molecule has 1 atom stereocenters. The molecule has 0 saturated carbocycles. The maximum absolute atomic E-state index is 13.2. The molecule has 1 heterocycles. The maximum atomic E-state index is 13.2. The van der Waals surface area contributed by atoms with E-state index in [9.17, 15) is 31.4 Å². The highest BCUT2D eigenvalue weighted by Crippen LogP contribution is 2.34. The number of aromatic nitrogens is 1. The predicted molar refractivity (Wildman–Crippen MR) is 101 cm³/mol. The number of alkyl halides is 6. The number of hydrogen-bond donors (Lipinski definition) is 3. The summed E-state index contributed by atoms with van der Waals surface area (Å²) in [6, 6.07) is 5.60. The summed E-state index contributed by atoms with van der Waals surface area (Å²) in [5, 5.41) is 16.2. The topological polar surface area (TPSA) is 57.2 Å². The van der Waals surface area contributed by atoms with E-state index in [2.05, 4.69) is 22.2 Å². The molecule has 10 heteroatoms. The van der Waals surface area contributed by atoms with Crippen LogP contribution in [0.1, 0.15) is 22.9 Å². The number of aliphatic hydroxyl groups excluding tert-OH is 1. The molecule has 0 amide bonds.